The quantitative estimate of drug-likeness (QED) is 0.689. The average Bonchev–Trinajstić information content (AvgIpc) is 2.55. The molecule has 0 aliphatic rings. The van der Waals surface area contributed by atoms with E-state index in [2.05, 4.69) is 4.98 Å². The number of fused-ring (bicyclic) bond motifs is 1. The molecule has 1 aromatic heterocycles. The van der Waals surface area contributed by atoms with Crippen LogP contribution in [0.3, 0.4) is 0 Å². The Kier molecular flexibility index (Phi) is 4.67. The molecule has 0 atom stereocenters. The van der Waals surface area contributed by atoms with Crippen LogP contribution in [0.1, 0.15) is 16.8 Å². The van der Waals surface area contributed by atoms with Crippen molar-refractivity contribution in [3.05, 3.63) is 71.4 Å². The van der Waals surface area contributed by atoms with Crippen molar-refractivity contribution in [2.24, 2.45) is 0 Å². The van der Waals surface area contributed by atoms with Gasteiger partial charge in [-0.15, -0.1) is 0 Å². The summed E-state index contributed by atoms with van der Waals surface area (Å²) in [4.78, 5) is 23.0. The van der Waals surface area contributed by atoms with Crippen molar-refractivity contribution in [2.45, 2.75) is 19.7 Å². The summed E-state index contributed by atoms with van der Waals surface area (Å²) in [5, 5.41) is 0.834. The Labute approximate surface area is 140 Å². The van der Waals surface area contributed by atoms with Crippen molar-refractivity contribution < 1.29 is 19.1 Å². The third kappa shape index (κ3) is 3.82. The Balaban J connectivity index is 2.03. The second-order valence-corrected chi connectivity index (χ2v) is 7.27. The lowest BCUT2D eigenvalue weighted by atomic mass is 10.1. The van der Waals surface area contributed by atoms with Crippen molar-refractivity contribution in [1.82, 2.24) is 4.98 Å². The molecule has 3 rings (SSSR count). The van der Waals surface area contributed by atoms with Crippen LogP contribution in [0.4, 0.5) is 0 Å². The SMILES string of the molecule is Cc1c(CP(=O)(O)O)nc2ccccc2c1OCc1ccccc1. The first kappa shape index (κ1) is 16.7. The van der Waals surface area contributed by atoms with Gasteiger partial charge in [-0.3, -0.25) is 9.55 Å². The summed E-state index contributed by atoms with van der Waals surface area (Å²) in [6.07, 6.45) is -0.397. The van der Waals surface area contributed by atoms with Crippen LogP contribution < -0.4 is 4.74 Å². The third-order valence-electron chi connectivity index (χ3n) is 3.76. The first-order valence-electron chi connectivity index (χ1n) is 7.53. The predicted octanol–water partition coefficient (Wildman–Crippen LogP) is 3.80. The fourth-order valence-electron chi connectivity index (χ4n) is 2.59. The Morgan fingerprint density at radius 3 is 2.42 bits per heavy atom. The van der Waals surface area contributed by atoms with Gasteiger partial charge < -0.3 is 14.5 Å². The van der Waals surface area contributed by atoms with Crippen molar-refractivity contribution in [3.63, 3.8) is 0 Å². The predicted molar refractivity (Wildman–Crippen MR) is 93.0 cm³/mol. The van der Waals surface area contributed by atoms with Crippen LogP contribution in [0, 0.1) is 6.92 Å². The van der Waals surface area contributed by atoms with Crippen LogP contribution in [0.15, 0.2) is 54.6 Å². The second-order valence-electron chi connectivity index (χ2n) is 5.63. The van der Waals surface area contributed by atoms with Crippen LogP contribution in [-0.2, 0) is 17.3 Å². The zero-order chi connectivity index (χ0) is 17.2. The summed E-state index contributed by atoms with van der Waals surface area (Å²) in [6.45, 7) is 2.16. The molecule has 0 spiro atoms. The number of ether oxygens (including phenoxy) is 1. The van der Waals surface area contributed by atoms with E-state index in [1.807, 2.05) is 54.6 Å². The number of hydrogen-bond donors (Lipinski definition) is 2. The first-order valence-corrected chi connectivity index (χ1v) is 9.33. The van der Waals surface area contributed by atoms with Crippen LogP contribution in [0.25, 0.3) is 10.9 Å². The van der Waals surface area contributed by atoms with E-state index in [9.17, 15) is 14.4 Å². The molecule has 3 aromatic rings. The second kappa shape index (κ2) is 6.73. The number of nitrogens with zero attached hydrogens (tertiary/aromatic N) is 1. The topological polar surface area (TPSA) is 79.7 Å². The summed E-state index contributed by atoms with van der Waals surface area (Å²) >= 11 is 0. The summed E-state index contributed by atoms with van der Waals surface area (Å²) < 4.78 is 17.4. The summed E-state index contributed by atoms with van der Waals surface area (Å²) in [5.41, 5.74) is 2.71. The Hall–Kier alpha value is -2.20. The smallest absolute Gasteiger partial charge is 0.331 e. The molecule has 6 heteroatoms. The molecule has 0 aliphatic carbocycles. The molecule has 0 aliphatic heterocycles. The lowest BCUT2D eigenvalue weighted by Crippen LogP contribution is -2.03. The Morgan fingerprint density at radius 1 is 1.04 bits per heavy atom. The van der Waals surface area contributed by atoms with E-state index in [0.29, 0.717) is 29.1 Å². The van der Waals surface area contributed by atoms with E-state index in [1.165, 1.54) is 0 Å². The van der Waals surface area contributed by atoms with Crippen LogP contribution in [0.2, 0.25) is 0 Å². The molecule has 2 aromatic carbocycles. The van der Waals surface area contributed by atoms with Gasteiger partial charge in [0.15, 0.2) is 0 Å². The molecule has 5 nitrogen and oxygen atoms in total. The fourth-order valence-corrected chi connectivity index (χ4v) is 3.29. The first-order chi connectivity index (χ1) is 11.4. The Bertz CT molecular complexity index is 906. The highest BCUT2D eigenvalue weighted by atomic mass is 31.2. The lowest BCUT2D eigenvalue weighted by Gasteiger charge is -2.16. The highest BCUT2D eigenvalue weighted by Crippen LogP contribution is 2.42. The van der Waals surface area contributed by atoms with Gasteiger partial charge in [0.25, 0.3) is 0 Å². The van der Waals surface area contributed by atoms with Crippen molar-refractivity contribution in [3.8, 4) is 5.75 Å². The minimum absolute atomic E-state index is 0.366. The van der Waals surface area contributed by atoms with Crippen molar-refractivity contribution >= 4 is 18.5 Å². The van der Waals surface area contributed by atoms with Crippen LogP contribution >= 0.6 is 7.60 Å². The van der Waals surface area contributed by atoms with Gasteiger partial charge in [-0.25, -0.2) is 0 Å². The highest BCUT2D eigenvalue weighted by molar-refractivity contribution is 7.50. The maximum atomic E-state index is 11.4. The van der Waals surface area contributed by atoms with Gasteiger partial charge in [0, 0.05) is 10.9 Å². The van der Waals surface area contributed by atoms with Gasteiger partial charge in [0.1, 0.15) is 12.4 Å². The van der Waals surface area contributed by atoms with E-state index in [1.54, 1.807) is 6.92 Å². The maximum absolute atomic E-state index is 11.4. The summed E-state index contributed by atoms with van der Waals surface area (Å²) in [7, 11) is -4.21. The number of para-hydroxylation sites is 1. The monoisotopic (exact) mass is 343 g/mol. The van der Waals surface area contributed by atoms with Gasteiger partial charge in [-0.2, -0.15) is 0 Å². The van der Waals surface area contributed by atoms with Gasteiger partial charge in [0.2, 0.25) is 0 Å². The minimum atomic E-state index is -4.21. The average molecular weight is 343 g/mol. The third-order valence-corrected chi connectivity index (χ3v) is 4.47. The number of aromatic nitrogens is 1. The molecule has 0 saturated heterocycles. The fraction of sp³-hybridized carbons (Fsp3) is 0.167. The van der Waals surface area contributed by atoms with E-state index >= 15 is 0 Å². The molecule has 124 valence electrons. The molecule has 0 amide bonds. The maximum Gasteiger partial charge on any atom is 0.331 e. The number of rotatable bonds is 5. The van der Waals surface area contributed by atoms with Crippen molar-refractivity contribution in [1.29, 1.82) is 0 Å². The van der Waals surface area contributed by atoms with Gasteiger partial charge in [-0.1, -0.05) is 42.5 Å². The lowest BCUT2D eigenvalue weighted by molar-refractivity contribution is 0.307. The molecular formula is C18H18NO4P. The molecule has 1 heterocycles. The zero-order valence-corrected chi connectivity index (χ0v) is 14.1. The normalized spacial score (nSPS) is 11.6. The van der Waals surface area contributed by atoms with Crippen molar-refractivity contribution in [2.75, 3.05) is 0 Å². The molecule has 0 radical (unpaired) electrons. The molecule has 0 unspecified atom stereocenters. The number of pyridine rings is 1. The molecular weight excluding hydrogens is 325 g/mol. The standard InChI is InChI=1S/C18H18NO4P/c1-13-17(12-24(20,21)22)19-16-10-6-5-9-15(16)18(13)23-11-14-7-3-2-4-8-14/h2-10H,11-12H2,1H3,(H2,20,21,22). The molecule has 24 heavy (non-hydrogen) atoms. The van der Waals surface area contributed by atoms with Crippen LogP contribution in [0.5, 0.6) is 5.75 Å². The van der Waals surface area contributed by atoms with Crippen LogP contribution in [-0.4, -0.2) is 14.8 Å². The number of benzene rings is 2. The van der Waals surface area contributed by atoms with Gasteiger partial charge in [0.05, 0.1) is 17.4 Å². The molecule has 0 fully saturated rings. The largest absolute Gasteiger partial charge is 0.488 e. The number of hydrogen-bond acceptors (Lipinski definition) is 3. The molecule has 0 bridgehead atoms. The molecule has 2 N–H and O–H groups in total. The highest BCUT2D eigenvalue weighted by Gasteiger charge is 2.20. The van der Waals surface area contributed by atoms with Gasteiger partial charge >= 0.3 is 7.60 Å². The van der Waals surface area contributed by atoms with Gasteiger partial charge in [-0.05, 0) is 24.6 Å². The zero-order valence-electron chi connectivity index (χ0n) is 13.2. The van der Waals surface area contributed by atoms with E-state index < -0.39 is 13.8 Å². The molecule has 0 saturated carbocycles. The summed E-state index contributed by atoms with van der Waals surface area (Å²) in [5.74, 6) is 0.618. The minimum Gasteiger partial charge on any atom is -0.488 e. The van der Waals surface area contributed by atoms with E-state index in [4.69, 9.17) is 4.74 Å². The van der Waals surface area contributed by atoms with E-state index in [0.717, 1.165) is 10.9 Å². The van der Waals surface area contributed by atoms with E-state index in [-0.39, 0.29) is 0 Å². The Morgan fingerprint density at radius 2 is 1.71 bits per heavy atom. The summed E-state index contributed by atoms with van der Waals surface area (Å²) in [6, 6.07) is 17.2.